The highest BCUT2D eigenvalue weighted by Crippen LogP contribution is 2.29. The third-order valence-electron chi connectivity index (χ3n) is 7.48. The Bertz CT molecular complexity index is 1250. The lowest BCUT2D eigenvalue weighted by molar-refractivity contribution is -0.117. The van der Waals surface area contributed by atoms with E-state index in [0.29, 0.717) is 45.4 Å². The molecule has 1 saturated heterocycles. The molecule has 7 nitrogen and oxygen atoms in total. The zero-order valence-electron chi connectivity index (χ0n) is 23.7. The highest BCUT2D eigenvalue weighted by molar-refractivity contribution is 5.92. The van der Waals surface area contributed by atoms with Crippen LogP contribution < -0.4 is 15.0 Å². The molecule has 0 atom stereocenters. The monoisotopic (exact) mass is 543 g/mol. The molecule has 0 aromatic heterocycles. The first-order chi connectivity index (χ1) is 19.5. The van der Waals surface area contributed by atoms with Gasteiger partial charge in [0.05, 0.1) is 33.0 Å². The predicted octanol–water partition coefficient (Wildman–Crippen LogP) is 5.09. The van der Waals surface area contributed by atoms with Crippen molar-refractivity contribution in [2.24, 2.45) is 0 Å². The van der Waals surface area contributed by atoms with E-state index in [4.69, 9.17) is 14.2 Å². The van der Waals surface area contributed by atoms with Crippen molar-refractivity contribution in [3.63, 3.8) is 0 Å². The molecule has 2 bridgehead atoms. The molecule has 3 aromatic carbocycles. The van der Waals surface area contributed by atoms with Gasteiger partial charge in [-0.15, -0.1) is 0 Å². The second-order valence-corrected chi connectivity index (χ2v) is 10.9. The van der Waals surface area contributed by atoms with E-state index in [0.717, 1.165) is 49.7 Å². The molecular weight excluding hydrogens is 502 g/mol. The molecule has 0 aliphatic carbocycles. The van der Waals surface area contributed by atoms with E-state index in [-0.39, 0.29) is 5.91 Å². The number of carbonyl (C=O) groups is 1. The number of hydrogen-bond donors (Lipinski definition) is 1. The molecule has 7 heteroatoms. The van der Waals surface area contributed by atoms with Crippen molar-refractivity contribution < 1.29 is 19.0 Å². The zero-order valence-corrected chi connectivity index (χ0v) is 23.7. The standard InChI is InChI=1S/C33H41N3O4/c1-25(2)28-6-8-30(9-7-28)34-33(37)24-35-12-15-39-18-19-40-32-11-10-31(36-13-16-38-17-14-36)22-29(32)21-26-4-3-5-27(20-26)23-35/h3-11,20,22,25H,12-19,21,23-24H2,1-2H3,(H,34,37). The van der Waals surface area contributed by atoms with Gasteiger partial charge < -0.3 is 24.4 Å². The SMILES string of the molecule is CC(C)c1ccc(NC(=O)CN2CCOCCOc3ccc(N4CCOCC4)cc3Cc3cccc(c3)C2)cc1. The van der Waals surface area contributed by atoms with E-state index in [9.17, 15) is 4.79 Å². The van der Waals surface area contributed by atoms with Crippen molar-refractivity contribution >= 4 is 17.3 Å². The smallest absolute Gasteiger partial charge is 0.238 e. The van der Waals surface area contributed by atoms with Crippen LogP contribution in [0.3, 0.4) is 0 Å². The van der Waals surface area contributed by atoms with Gasteiger partial charge in [-0.1, -0.05) is 50.2 Å². The van der Waals surface area contributed by atoms with E-state index >= 15 is 0 Å². The van der Waals surface area contributed by atoms with Crippen molar-refractivity contribution in [3.05, 3.63) is 89.0 Å². The number of benzene rings is 3. The second-order valence-electron chi connectivity index (χ2n) is 10.9. The van der Waals surface area contributed by atoms with Gasteiger partial charge in [-0.25, -0.2) is 0 Å². The van der Waals surface area contributed by atoms with Crippen LogP contribution in [0.4, 0.5) is 11.4 Å². The highest BCUT2D eigenvalue weighted by Gasteiger charge is 2.16. The van der Waals surface area contributed by atoms with Crippen LogP contribution in [-0.2, 0) is 27.2 Å². The first kappa shape index (κ1) is 28.1. The van der Waals surface area contributed by atoms with Gasteiger partial charge in [0.25, 0.3) is 0 Å². The normalized spacial score (nSPS) is 17.0. The van der Waals surface area contributed by atoms with E-state index in [1.54, 1.807) is 0 Å². The number of carbonyl (C=O) groups excluding carboxylic acids is 1. The summed E-state index contributed by atoms with van der Waals surface area (Å²) in [6.45, 7) is 10.8. The summed E-state index contributed by atoms with van der Waals surface area (Å²) in [5.74, 6) is 1.34. The van der Waals surface area contributed by atoms with Crippen molar-refractivity contribution in [2.75, 3.05) is 69.4 Å². The first-order valence-corrected chi connectivity index (χ1v) is 14.4. The Morgan fingerprint density at radius 2 is 1.60 bits per heavy atom. The average Bonchev–Trinajstić information content (AvgIpc) is 2.96. The van der Waals surface area contributed by atoms with Crippen molar-refractivity contribution in [3.8, 4) is 5.75 Å². The Morgan fingerprint density at radius 3 is 2.40 bits per heavy atom. The fourth-order valence-electron chi connectivity index (χ4n) is 5.25. The largest absolute Gasteiger partial charge is 0.491 e. The fourth-order valence-corrected chi connectivity index (χ4v) is 5.25. The lowest BCUT2D eigenvalue weighted by Gasteiger charge is -2.29. The summed E-state index contributed by atoms with van der Waals surface area (Å²) in [6.07, 6.45) is 0.773. The van der Waals surface area contributed by atoms with E-state index in [1.165, 1.54) is 22.4 Å². The van der Waals surface area contributed by atoms with Gasteiger partial charge in [-0.2, -0.15) is 0 Å². The van der Waals surface area contributed by atoms with Crippen LogP contribution in [-0.4, -0.2) is 70.0 Å². The maximum Gasteiger partial charge on any atom is 0.238 e. The van der Waals surface area contributed by atoms with Gasteiger partial charge >= 0.3 is 0 Å². The molecule has 3 aromatic rings. The number of amides is 1. The molecule has 0 saturated carbocycles. The molecule has 2 aliphatic heterocycles. The molecule has 212 valence electrons. The number of anilines is 2. The van der Waals surface area contributed by atoms with Crippen LogP contribution in [0.1, 0.15) is 42.0 Å². The number of morpholine rings is 1. The fraction of sp³-hybridized carbons (Fsp3) is 0.424. The van der Waals surface area contributed by atoms with Crippen LogP contribution in [0, 0.1) is 0 Å². The van der Waals surface area contributed by atoms with Crippen LogP contribution in [0.15, 0.2) is 66.7 Å². The molecule has 1 N–H and O–H groups in total. The third-order valence-corrected chi connectivity index (χ3v) is 7.48. The van der Waals surface area contributed by atoms with Gasteiger partial charge in [-0.3, -0.25) is 9.69 Å². The summed E-state index contributed by atoms with van der Waals surface area (Å²) in [5, 5.41) is 3.06. The van der Waals surface area contributed by atoms with Crippen molar-refractivity contribution in [1.29, 1.82) is 0 Å². The summed E-state index contributed by atoms with van der Waals surface area (Å²) >= 11 is 0. The third kappa shape index (κ3) is 7.84. The van der Waals surface area contributed by atoms with Gasteiger partial charge in [0.15, 0.2) is 0 Å². The molecule has 0 unspecified atom stereocenters. The Hall–Kier alpha value is -3.39. The number of ether oxygens (including phenoxy) is 3. The summed E-state index contributed by atoms with van der Waals surface area (Å²) < 4.78 is 17.6. The van der Waals surface area contributed by atoms with Crippen LogP contribution in [0.25, 0.3) is 0 Å². The molecule has 0 radical (unpaired) electrons. The molecule has 2 heterocycles. The van der Waals surface area contributed by atoms with Gasteiger partial charge in [-0.05, 0) is 52.9 Å². The van der Waals surface area contributed by atoms with Gasteiger partial charge in [0.2, 0.25) is 5.91 Å². The quantitative estimate of drug-likeness (QED) is 0.484. The minimum absolute atomic E-state index is 0.0255. The highest BCUT2D eigenvalue weighted by atomic mass is 16.5. The predicted molar refractivity (Wildman–Crippen MR) is 159 cm³/mol. The number of rotatable bonds is 5. The Labute approximate surface area is 238 Å². The van der Waals surface area contributed by atoms with E-state index in [2.05, 4.69) is 83.6 Å². The summed E-state index contributed by atoms with van der Waals surface area (Å²) in [5.41, 5.74) is 6.85. The van der Waals surface area contributed by atoms with Crippen molar-refractivity contribution in [1.82, 2.24) is 4.90 Å². The van der Waals surface area contributed by atoms with Gasteiger partial charge in [0, 0.05) is 49.5 Å². The average molecular weight is 544 g/mol. The van der Waals surface area contributed by atoms with Gasteiger partial charge in [0.1, 0.15) is 12.4 Å². The van der Waals surface area contributed by atoms with Crippen molar-refractivity contribution in [2.45, 2.75) is 32.7 Å². The molecule has 5 rings (SSSR count). The van der Waals surface area contributed by atoms with E-state index in [1.807, 2.05) is 12.1 Å². The second kappa shape index (κ2) is 13.8. The molecular formula is C33H41N3O4. The van der Waals surface area contributed by atoms with Crippen LogP contribution in [0.2, 0.25) is 0 Å². The Balaban J connectivity index is 1.30. The summed E-state index contributed by atoms with van der Waals surface area (Å²) in [6, 6.07) is 23.2. The maximum absolute atomic E-state index is 13.0. The van der Waals surface area contributed by atoms with E-state index < -0.39 is 0 Å². The Kier molecular flexibility index (Phi) is 9.71. The van der Waals surface area contributed by atoms with Crippen LogP contribution in [0.5, 0.6) is 5.75 Å². The summed E-state index contributed by atoms with van der Waals surface area (Å²) in [4.78, 5) is 17.5. The maximum atomic E-state index is 13.0. The topological polar surface area (TPSA) is 63.3 Å². The number of nitrogens with zero attached hydrogens (tertiary/aromatic N) is 2. The molecule has 1 fully saturated rings. The minimum Gasteiger partial charge on any atom is -0.491 e. The first-order valence-electron chi connectivity index (χ1n) is 14.4. The number of fused-ring (bicyclic) bond motifs is 3. The van der Waals surface area contributed by atoms with Crippen LogP contribution >= 0.6 is 0 Å². The number of hydrogen-bond acceptors (Lipinski definition) is 6. The molecule has 0 spiro atoms. The lowest BCUT2D eigenvalue weighted by Crippen LogP contribution is -2.36. The molecule has 40 heavy (non-hydrogen) atoms. The number of nitrogens with one attached hydrogen (secondary N) is 1. The Morgan fingerprint density at radius 1 is 0.850 bits per heavy atom. The molecule has 2 aliphatic rings. The lowest BCUT2D eigenvalue weighted by atomic mass is 10.0. The zero-order chi connectivity index (χ0) is 27.7. The minimum atomic E-state index is -0.0255. The summed E-state index contributed by atoms with van der Waals surface area (Å²) in [7, 11) is 0. The molecule has 1 amide bonds.